The second-order valence-corrected chi connectivity index (χ2v) is 11.9. The zero-order chi connectivity index (χ0) is 25.6. The van der Waals surface area contributed by atoms with Crippen LogP contribution in [0.1, 0.15) is 54.5 Å². The predicted octanol–water partition coefficient (Wildman–Crippen LogP) is 4.27. The van der Waals surface area contributed by atoms with Gasteiger partial charge in [-0.05, 0) is 62.7 Å². The van der Waals surface area contributed by atoms with E-state index in [4.69, 9.17) is 4.98 Å². The van der Waals surface area contributed by atoms with Crippen molar-refractivity contribution >= 4 is 16.7 Å². The fraction of sp³-hybridized carbons (Fsp3) is 0.500. The van der Waals surface area contributed by atoms with E-state index in [0.29, 0.717) is 17.4 Å². The zero-order valence-electron chi connectivity index (χ0n) is 21.9. The number of aliphatic hydroxyl groups excluding tert-OH is 1. The summed E-state index contributed by atoms with van der Waals surface area (Å²) >= 11 is 0. The average Bonchev–Trinajstić information content (AvgIpc) is 3.40. The second kappa shape index (κ2) is 7.89. The van der Waals surface area contributed by atoms with Crippen molar-refractivity contribution in [1.82, 2.24) is 19.7 Å². The average molecular weight is 495 g/mol. The number of anilines is 1. The van der Waals surface area contributed by atoms with E-state index in [1.165, 1.54) is 29.7 Å². The van der Waals surface area contributed by atoms with E-state index >= 15 is 0 Å². The minimum atomic E-state index is -0.594. The Bertz CT molecular complexity index is 1490. The molecule has 7 nitrogen and oxygen atoms in total. The van der Waals surface area contributed by atoms with E-state index in [9.17, 15) is 10.4 Å². The van der Waals surface area contributed by atoms with Crippen LogP contribution < -0.4 is 4.90 Å². The first-order valence-corrected chi connectivity index (χ1v) is 13.5. The van der Waals surface area contributed by atoms with Crippen LogP contribution >= 0.6 is 0 Å². The van der Waals surface area contributed by atoms with Crippen molar-refractivity contribution in [2.45, 2.75) is 57.7 Å². The molecule has 2 atom stereocenters. The summed E-state index contributed by atoms with van der Waals surface area (Å²) in [4.78, 5) is 9.80. The van der Waals surface area contributed by atoms with Gasteiger partial charge in [0, 0.05) is 66.3 Å². The number of aliphatic hydroxyl groups is 1. The van der Waals surface area contributed by atoms with Gasteiger partial charge in [-0.2, -0.15) is 10.4 Å². The molecule has 2 saturated heterocycles. The highest BCUT2D eigenvalue weighted by Crippen LogP contribution is 2.55. The normalized spacial score (nSPS) is 26.5. The molecule has 2 aliphatic heterocycles. The molecule has 0 radical (unpaired) electrons. The van der Waals surface area contributed by atoms with E-state index < -0.39 is 6.23 Å². The molecule has 5 aliphatic rings. The Kier molecular flexibility index (Phi) is 4.90. The Labute approximate surface area is 218 Å². The first-order valence-electron chi connectivity index (χ1n) is 13.5. The number of aryl methyl sites for hydroxylation is 2. The Hall–Kier alpha value is -3.21. The van der Waals surface area contributed by atoms with Crippen LogP contribution in [0.5, 0.6) is 0 Å². The summed E-state index contributed by atoms with van der Waals surface area (Å²) in [7, 11) is 2.00. The van der Waals surface area contributed by atoms with E-state index in [0.717, 1.165) is 60.3 Å². The summed E-state index contributed by atoms with van der Waals surface area (Å²) in [6, 6.07) is 7.17. The zero-order valence-corrected chi connectivity index (χ0v) is 21.9. The molecule has 1 saturated carbocycles. The summed E-state index contributed by atoms with van der Waals surface area (Å²) in [6.07, 6.45) is 7.40. The van der Waals surface area contributed by atoms with Crippen LogP contribution in [0.4, 0.5) is 5.82 Å². The third-order valence-electron chi connectivity index (χ3n) is 10.00. The quantitative estimate of drug-likeness (QED) is 0.546. The molecule has 7 heteroatoms. The summed E-state index contributed by atoms with van der Waals surface area (Å²) in [6.45, 7) is 10.7. The van der Waals surface area contributed by atoms with Crippen LogP contribution in [-0.2, 0) is 13.5 Å². The highest BCUT2D eigenvalue weighted by molar-refractivity contribution is 5.99. The molecular weight excluding hydrogens is 460 g/mol. The Morgan fingerprint density at radius 3 is 2.78 bits per heavy atom. The number of benzene rings is 1. The molecule has 3 aromatic rings. The van der Waals surface area contributed by atoms with Crippen LogP contribution in [0, 0.1) is 29.6 Å². The van der Waals surface area contributed by atoms with E-state index in [1.54, 1.807) is 6.08 Å². The number of rotatable bonds is 4. The van der Waals surface area contributed by atoms with Gasteiger partial charge < -0.3 is 10.0 Å². The molecule has 2 bridgehead atoms. The Morgan fingerprint density at radius 2 is 2.05 bits per heavy atom. The first kappa shape index (κ1) is 22.9. The largest absolute Gasteiger partial charge is 0.375 e. The van der Waals surface area contributed by atoms with Gasteiger partial charge in [-0.1, -0.05) is 18.7 Å². The summed E-state index contributed by atoms with van der Waals surface area (Å²) < 4.78 is 1.95. The first-order chi connectivity index (χ1) is 17.8. The minimum Gasteiger partial charge on any atom is -0.375 e. The number of pyridine rings is 1. The van der Waals surface area contributed by atoms with Crippen molar-refractivity contribution in [2.24, 2.45) is 18.4 Å². The lowest BCUT2D eigenvalue weighted by Crippen LogP contribution is -2.63. The van der Waals surface area contributed by atoms with Crippen LogP contribution in [-0.4, -0.2) is 56.7 Å². The minimum absolute atomic E-state index is 0.105. The molecule has 3 aliphatic carbocycles. The molecule has 1 N–H and O–H groups in total. The number of likely N-dealkylation sites (tertiary alicyclic amines) is 1. The fourth-order valence-corrected chi connectivity index (χ4v) is 7.75. The third-order valence-corrected chi connectivity index (χ3v) is 10.00. The summed E-state index contributed by atoms with van der Waals surface area (Å²) in [5, 5.41) is 26.6. The second-order valence-electron chi connectivity index (χ2n) is 11.9. The highest BCUT2D eigenvalue weighted by Gasteiger charge is 2.54. The van der Waals surface area contributed by atoms with Gasteiger partial charge in [-0.15, -0.1) is 0 Å². The van der Waals surface area contributed by atoms with Gasteiger partial charge in [0.25, 0.3) is 0 Å². The highest BCUT2D eigenvalue weighted by atomic mass is 16.3. The standard InChI is InChI=1S/C30H34N6O/c1-5-24(37)35-15-30(16-35)8-9-36(18(30)3)29-23(13-31)26(22-12-19-10-21(11-19)27(22)33-29)25-17(2)6-7-20-14-32-34(4)28(20)25/h5-7,14,18-19,21,24,37H,1,8-12,15-16H2,2-4H3/t18-,19?,21?,24?/m0/s1. The maximum absolute atomic E-state index is 10.7. The molecule has 8 rings (SSSR count). The van der Waals surface area contributed by atoms with Gasteiger partial charge in [0.05, 0.1) is 11.7 Å². The van der Waals surface area contributed by atoms with Crippen LogP contribution in [0.25, 0.3) is 22.0 Å². The predicted molar refractivity (Wildman–Crippen MR) is 144 cm³/mol. The van der Waals surface area contributed by atoms with Gasteiger partial charge in [0.2, 0.25) is 0 Å². The van der Waals surface area contributed by atoms with Crippen LogP contribution in [0.3, 0.4) is 0 Å². The fourth-order valence-electron chi connectivity index (χ4n) is 7.75. The van der Waals surface area contributed by atoms with Gasteiger partial charge in [0.15, 0.2) is 0 Å². The molecule has 1 unspecified atom stereocenters. The number of hydrogen-bond donors (Lipinski definition) is 1. The topological polar surface area (TPSA) is 81.2 Å². The SMILES string of the molecule is C=CC(O)N1CC2(CCN(c3nc4c(c(-c5c(C)ccc6cnn(C)c56)c3C#N)CC3CC4C3)[C@H]2C)C1. The lowest BCUT2D eigenvalue weighted by molar-refractivity contribution is -0.0897. The lowest BCUT2D eigenvalue weighted by Gasteiger charge is -2.52. The number of fused-ring (bicyclic) bond motifs is 1. The molecule has 1 aromatic carbocycles. The van der Waals surface area contributed by atoms with Crippen molar-refractivity contribution in [3.63, 3.8) is 0 Å². The van der Waals surface area contributed by atoms with Gasteiger partial charge >= 0.3 is 0 Å². The van der Waals surface area contributed by atoms with Crippen molar-refractivity contribution in [3.8, 4) is 17.2 Å². The molecule has 0 amide bonds. The van der Waals surface area contributed by atoms with Crippen LogP contribution in [0.2, 0.25) is 0 Å². The summed E-state index contributed by atoms with van der Waals surface area (Å²) in [5.41, 5.74) is 7.82. The lowest BCUT2D eigenvalue weighted by atomic mass is 9.63. The van der Waals surface area contributed by atoms with Crippen molar-refractivity contribution in [1.29, 1.82) is 5.26 Å². The molecule has 2 aromatic heterocycles. The Balaban J connectivity index is 1.41. The molecule has 4 heterocycles. The smallest absolute Gasteiger partial charge is 0.147 e. The van der Waals surface area contributed by atoms with E-state index in [2.05, 4.69) is 53.5 Å². The molecule has 3 fully saturated rings. The monoisotopic (exact) mass is 494 g/mol. The third kappa shape index (κ3) is 3.06. The molecule has 190 valence electrons. The number of hydrogen-bond acceptors (Lipinski definition) is 6. The van der Waals surface area contributed by atoms with Crippen LogP contribution in [0.15, 0.2) is 31.0 Å². The number of nitriles is 1. The van der Waals surface area contributed by atoms with Crippen molar-refractivity contribution in [3.05, 3.63) is 53.4 Å². The maximum Gasteiger partial charge on any atom is 0.147 e. The van der Waals surface area contributed by atoms with Gasteiger partial charge in [-0.3, -0.25) is 9.58 Å². The molecule has 37 heavy (non-hydrogen) atoms. The van der Waals surface area contributed by atoms with Crippen molar-refractivity contribution in [2.75, 3.05) is 24.5 Å². The maximum atomic E-state index is 10.7. The molecular formula is C30H34N6O. The number of aromatic nitrogens is 3. The summed E-state index contributed by atoms with van der Waals surface area (Å²) in [5.74, 6) is 2.05. The van der Waals surface area contributed by atoms with Gasteiger partial charge in [-0.25, -0.2) is 4.98 Å². The van der Waals surface area contributed by atoms with E-state index in [1.807, 2.05) is 17.9 Å². The van der Waals surface area contributed by atoms with Crippen molar-refractivity contribution < 1.29 is 5.11 Å². The number of nitrogens with zero attached hydrogens (tertiary/aromatic N) is 6. The van der Waals surface area contributed by atoms with Gasteiger partial charge in [0.1, 0.15) is 23.7 Å². The van der Waals surface area contributed by atoms with E-state index in [-0.39, 0.29) is 11.5 Å². The molecule has 1 spiro atoms. The Morgan fingerprint density at radius 1 is 1.27 bits per heavy atom.